The zero-order valence-corrected chi connectivity index (χ0v) is 15.5. The summed E-state index contributed by atoms with van der Waals surface area (Å²) in [7, 11) is -2.22. The van der Waals surface area contributed by atoms with Crippen LogP contribution in [0.5, 0.6) is 11.5 Å². The molecule has 0 amide bonds. The van der Waals surface area contributed by atoms with Crippen LogP contribution in [0.1, 0.15) is 5.56 Å². The highest BCUT2D eigenvalue weighted by atomic mass is 35.5. The van der Waals surface area contributed by atoms with E-state index in [1.165, 1.54) is 25.3 Å². The lowest BCUT2D eigenvalue weighted by molar-refractivity contribution is 0.323. The molecule has 0 heterocycles. The fourth-order valence-electron chi connectivity index (χ4n) is 1.96. The molecular formula is C16H17Cl2NO4S. The molecule has 2 aromatic carbocycles. The molecule has 8 heteroatoms. The number of nitrogens with one attached hydrogen (secondary N) is 1. The van der Waals surface area contributed by atoms with Crippen LogP contribution in [0.3, 0.4) is 0 Å². The van der Waals surface area contributed by atoms with E-state index in [4.69, 9.17) is 32.7 Å². The third kappa shape index (κ3) is 4.77. The van der Waals surface area contributed by atoms with Crippen molar-refractivity contribution < 1.29 is 17.9 Å². The summed E-state index contributed by atoms with van der Waals surface area (Å²) in [5, 5.41) is 0.702. The lowest BCUT2D eigenvalue weighted by Gasteiger charge is -2.11. The van der Waals surface area contributed by atoms with Crippen LogP contribution in [0, 0.1) is 6.92 Å². The molecule has 0 aliphatic carbocycles. The Morgan fingerprint density at radius 3 is 2.46 bits per heavy atom. The molecule has 0 bridgehead atoms. The lowest BCUT2D eigenvalue weighted by atomic mass is 10.2. The molecule has 5 nitrogen and oxygen atoms in total. The summed E-state index contributed by atoms with van der Waals surface area (Å²) in [4.78, 5) is 0.0573. The van der Waals surface area contributed by atoms with Crippen LogP contribution < -0.4 is 14.2 Å². The van der Waals surface area contributed by atoms with Crippen LogP contribution >= 0.6 is 23.2 Å². The monoisotopic (exact) mass is 389 g/mol. The second-order valence-electron chi connectivity index (χ2n) is 4.98. The number of aryl methyl sites for hydroxylation is 1. The van der Waals surface area contributed by atoms with Crippen LogP contribution in [0.4, 0.5) is 0 Å². The molecule has 130 valence electrons. The number of sulfonamides is 1. The summed E-state index contributed by atoms with van der Waals surface area (Å²) >= 11 is 12.0. The van der Waals surface area contributed by atoms with Gasteiger partial charge in [0.05, 0.1) is 22.1 Å². The first-order valence-electron chi connectivity index (χ1n) is 7.05. The van der Waals surface area contributed by atoms with E-state index in [-0.39, 0.29) is 23.1 Å². The van der Waals surface area contributed by atoms with E-state index in [0.717, 1.165) is 5.56 Å². The maximum atomic E-state index is 12.2. The second kappa shape index (κ2) is 8.07. The average Bonchev–Trinajstić information content (AvgIpc) is 2.54. The number of benzene rings is 2. The zero-order chi connectivity index (χ0) is 17.7. The predicted octanol–water partition coefficient (Wildman–Crippen LogP) is 3.67. The third-order valence-electron chi connectivity index (χ3n) is 3.17. The van der Waals surface area contributed by atoms with Gasteiger partial charge in [-0.2, -0.15) is 0 Å². The summed E-state index contributed by atoms with van der Waals surface area (Å²) in [6, 6.07) is 9.65. The zero-order valence-electron chi connectivity index (χ0n) is 13.2. The Hall–Kier alpha value is -1.47. The standard InChI is InChI=1S/C16H17Cl2NO4S/c1-11-3-5-13(17)16(9-11)23-8-7-19-24(20,21)12-4-6-15(22-2)14(18)10-12/h3-6,9-10,19H,7-8H2,1-2H3. The van der Waals surface area contributed by atoms with Crippen molar-refractivity contribution in [1.29, 1.82) is 0 Å². The van der Waals surface area contributed by atoms with E-state index >= 15 is 0 Å². The Morgan fingerprint density at radius 2 is 1.79 bits per heavy atom. The summed E-state index contributed by atoms with van der Waals surface area (Å²) in [6.45, 7) is 2.15. The Labute approximate surface area is 151 Å². The minimum absolute atomic E-state index is 0.0573. The van der Waals surface area contributed by atoms with E-state index in [1.54, 1.807) is 12.1 Å². The first-order chi connectivity index (χ1) is 11.3. The van der Waals surface area contributed by atoms with Crippen LogP contribution in [0.25, 0.3) is 0 Å². The van der Waals surface area contributed by atoms with Crippen molar-refractivity contribution in [2.24, 2.45) is 0 Å². The van der Waals surface area contributed by atoms with E-state index < -0.39 is 10.0 Å². The third-order valence-corrected chi connectivity index (χ3v) is 5.24. The first kappa shape index (κ1) is 18.9. The quantitative estimate of drug-likeness (QED) is 0.733. The normalized spacial score (nSPS) is 11.3. The Balaban J connectivity index is 1.95. The van der Waals surface area contributed by atoms with Gasteiger partial charge in [-0.3, -0.25) is 0 Å². The predicted molar refractivity (Wildman–Crippen MR) is 94.9 cm³/mol. The van der Waals surface area contributed by atoms with Gasteiger partial charge in [-0.05, 0) is 42.8 Å². The van der Waals surface area contributed by atoms with E-state index in [2.05, 4.69) is 4.72 Å². The fourth-order valence-corrected chi connectivity index (χ4v) is 3.49. The molecule has 0 aliphatic rings. The van der Waals surface area contributed by atoms with Gasteiger partial charge >= 0.3 is 0 Å². The van der Waals surface area contributed by atoms with Crippen molar-refractivity contribution in [1.82, 2.24) is 4.72 Å². The van der Waals surface area contributed by atoms with Gasteiger partial charge in [-0.1, -0.05) is 29.3 Å². The highest BCUT2D eigenvalue weighted by Crippen LogP contribution is 2.27. The maximum absolute atomic E-state index is 12.2. The summed E-state index contributed by atoms with van der Waals surface area (Å²) in [6.07, 6.45) is 0. The molecule has 2 aromatic rings. The van der Waals surface area contributed by atoms with Gasteiger partial charge in [-0.15, -0.1) is 0 Å². The molecule has 0 radical (unpaired) electrons. The molecule has 0 aliphatic heterocycles. The molecule has 2 rings (SSSR count). The Kier molecular flexibility index (Phi) is 6.34. The van der Waals surface area contributed by atoms with Crippen LogP contribution in [0.15, 0.2) is 41.3 Å². The summed E-state index contributed by atoms with van der Waals surface area (Å²) < 4.78 is 37.4. The van der Waals surface area contributed by atoms with Gasteiger partial charge in [0.2, 0.25) is 10.0 Å². The summed E-state index contributed by atoms with van der Waals surface area (Å²) in [5.41, 5.74) is 1.00. The average molecular weight is 390 g/mol. The fraction of sp³-hybridized carbons (Fsp3) is 0.250. The van der Waals surface area contributed by atoms with Crippen LogP contribution in [-0.2, 0) is 10.0 Å². The molecule has 0 unspecified atom stereocenters. The lowest BCUT2D eigenvalue weighted by Crippen LogP contribution is -2.28. The molecule has 0 atom stereocenters. The Morgan fingerprint density at radius 1 is 1.04 bits per heavy atom. The minimum atomic E-state index is -3.68. The number of ether oxygens (including phenoxy) is 2. The topological polar surface area (TPSA) is 64.6 Å². The molecule has 0 fully saturated rings. The van der Waals surface area contributed by atoms with Gasteiger partial charge < -0.3 is 9.47 Å². The number of rotatable bonds is 7. The largest absolute Gasteiger partial charge is 0.495 e. The molecule has 24 heavy (non-hydrogen) atoms. The smallest absolute Gasteiger partial charge is 0.240 e. The molecule has 0 aromatic heterocycles. The molecular weight excluding hydrogens is 373 g/mol. The second-order valence-corrected chi connectivity index (χ2v) is 7.56. The first-order valence-corrected chi connectivity index (χ1v) is 9.29. The number of hydrogen-bond acceptors (Lipinski definition) is 4. The van der Waals surface area contributed by atoms with E-state index in [9.17, 15) is 8.42 Å². The van der Waals surface area contributed by atoms with Crippen molar-refractivity contribution in [3.8, 4) is 11.5 Å². The van der Waals surface area contributed by atoms with Gasteiger partial charge in [0.1, 0.15) is 18.1 Å². The van der Waals surface area contributed by atoms with Crippen molar-refractivity contribution in [2.45, 2.75) is 11.8 Å². The Bertz CT molecular complexity index is 825. The van der Waals surface area contributed by atoms with Gasteiger partial charge in [0, 0.05) is 6.54 Å². The van der Waals surface area contributed by atoms with Crippen LogP contribution in [0.2, 0.25) is 10.0 Å². The van der Waals surface area contributed by atoms with Gasteiger partial charge in [-0.25, -0.2) is 13.1 Å². The van der Waals surface area contributed by atoms with Gasteiger partial charge in [0.15, 0.2) is 0 Å². The molecule has 0 saturated heterocycles. The number of halogens is 2. The van der Waals surface area contributed by atoms with Crippen molar-refractivity contribution in [3.05, 3.63) is 52.0 Å². The van der Waals surface area contributed by atoms with Crippen molar-refractivity contribution in [3.63, 3.8) is 0 Å². The van der Waals surface area contributed by atoms with Gasteiger partial charge in [0.25, 0.3) is 0 Å². The van der Waals surface area contributed by atoms with E-state index in [0.29, 0.717) is 16.5 Å². The molecule has 1 N–H and O–H groups in total. The minimum Gasteiger partial charge on any atom is -0.495 e. The summed E-state index contributed by atoms with van der Waals surface area (Å²) in [5.74, 6) is 0.927. The van der Waals surface area contributed by atoms with Crippen molar-refractivity contribution in [2.75, 3.05) is 20.3 Å². The number of methoxy groups -OCH3 is 1. The highest BCUT2D eigenvalue weighted by molar-refractivity contribution is 7.89. The van der Waals surface area contributed by atoms with Crippen LogP contribution in [-0.4, -0.2) is 28.7 Å². The maximum Gasteiger partial charge on any atom is 0.240 e. The van der Waals surface area contributed by atoms with Crippen molar-refractivity contribution >= 4 is 33.2 Å². The highest BCUT2D eigenvalue weighted by Gasteiger charge is 2.15. The van der Waals surface area contributed by atoms with E-state index in [1.807, 2.05) is 13.0 Å². The molecule has 0 spiro atoms. The molecule has 0 saturated carbocycles. The SMILES string of the molecule is COc1ccc(S(=O)(=O)NCCOc2cc(C)ccc2Cl)cc1Cl. The number of hydrogen-bond donors (Lipinski definition) is 1.